The molecule has 2 bridgehead atoms. The fraction of sp³-hybridized carbons (Fsp3) is 0.600. The Hall–Kier alpha value is -1.16. The summed E-state index contributed by atoms with van der Waals surface area (Å²) in [5.41, 5.74) is 4.33. The highest BCUT2D eigenvalue weighted by molar-refractivity contribution is 7.12. The summed E-state index contributed by atoms with van der Waals surface area (Å²) in [5, 5.41) is 6.31. The van der Waals surface area contributed by atoms with E-state index in [4.69, 9.17) is 0 Å². The van der Waals surface area contributed by atoms with Crippen LogP contribution in [0.15, 0.2) is 22.6 Å². The maximum Gasteiger partial charge on any atom is 0.281 e. The lowest BCUT2D eigenvalue weighted by atomic mass is 9.69. The van der Waals surface area contributed by atoms with Gasteiger partial charge in [0.1, 0.15) is 0 Å². The van der Waals surface area contributed by atoms with E-state index >= 15 is 0 Å². The molecule has 2 fully saturated rings. The zero-order chi connectivity index (χ0) is 13.6. The molecular formula is C15H20N2OS. The summed E-state index contributed by atoms with van der Waals surface area (Å²) in [7, 11) is 0. The molecule has 0 saturated heterocycles. The zero-order valence-corrected chi connectivity index (χ0v) is 12.5. The molecule has 102 valence electrons. The number of thiophene rings is 1. The second-order valence-corrected chi connectivity index (χ2v) is 7.32. The number of hydrogen-bond donors (Lipinski definition) is 1. The number of carbonyl (C=O) groups is 1. The number of hydrogen-bond acceptors (Lipinski definition) is 3. The van der Waals surface area contributed by atoms with Gasteiger partial charge in [-0.05, 0) is 41.5 Å². The molecule has 0 spiro atoms. The minimum Gasteiger partial charge on any atom is -0.266 e. The molecule has 1 aromatic rings. The summed E-state index contributed by atoms with van der Waals surface area (Å²) in [6.07, 6.45) is 2.29. The van der Waals surface area contributed by atoms with Gasteiger partial charge >= 0.3 is 0 Å². The number of fused-ring (bicyclic) bond motifs is 2. The van der Waals surface area contributed by atoms with Crippen LogP contribution in [0.1, 0.15) is 43.3 Å². The van der Waals surface area contributed by atoms with Crippen LogP contribution in [-0.2, 0) is 0 Å². The largest absolute Gasteiger partial charge is 0.281 e. The second kappa shape index (κ2) is 4.44. The van der Waals surface area contributed by atoms with Crippen LogP contribution in [0.25, 0.3) is 0 Å². The highest BCUT2D eigenvalue weighted by atomic mass is 32.1. The molecule has 3 rings (SSSR count). The lowest BCUT2D eigenvalue weighted by Gasteiger charge is -2.36. The van der Waals surface area contributed by atoms with E-state index in [9.17, 15) is 4.79 Å². The van der Waals surface area contributed by atoms with Crippen molar-refractivity contribution in [3.8, 4) is 0 Å². The van der Waals surface area contributed by atoms with Crippen molar-refractivity contribution in [1.82, 2.24) is 5.43 Å². The molecular weight excluding hydrogens is 256 g/mol. The average Bonchev–Trinajstić information content (AvgIpc) is 3.06. The number of amides is 1. The van der Waals surface area contributed by atoms with Crippen LogP contribution < -0.4 is 5.43 Å². The van der Waals surface area contributed by atoms with Gasteiger partial charge in [0.2, 0.25) is 0 Å². The lowest BCUT2D eigenvalue weighted by Crippen LogP contribution is -2.34. The first-order chi connectivity index (χ1) is 9.00. The first-order valence-electron chi connectivity index (χ1n) is 6.90. The normalized spacial score (nSPS) is 33.8. The van der Waals surface area contributed by atoms with Crippen LogP contribution in [0.5, 0.6) is 0 Å². The van der Waals surface area contributed by atoms with E-state index in [1.54, 1.807) is 0 Å². The van der Waals surface area contributed by atoms with Crippen LogP contribution >= 0.6 is 11.3 Å². The maximum absolute atomic E-state index is 11.9. The Kier molecular flexibility index (Phi) is 3.01. The molecule has 0 radical (unpaired) electrons. The summed E-state index contributed by atoms with van der Waals surface area (Å²) < 4.78 is 0. The number of nitrogens with one attached hydrogen (secondary N) is 1. The Labute approximate surface area is 118 Å². The highest BCUT2D eigenvalue weighted by Crippen LogP contribution is 2.57. The van der Waals surface area contributed by atoms with Crippen LogP contribution in [-0.4, -0.2) is 11.6 Å². The summed E-state index contributed by atoms with van der Waals surface area (Å²) in [6.45, 7) is 7.05. The second-order valence-electron chi connectivity index (χ2n) is 6.37. The molecule has 3 atom stereocenters. The standard InChI is InChI=1S/C15H20N2OS/c1-9-11-7-10(15(9,2)3)8-12(11)16-17-14(18)13-5-4-6-19-13/h4-6,9-11H,7-8H2,1-3H3,(H,17,18)/b16-12-. The third-order valence-electron chi connectivity index (χ3n) is 5.30. The van der Waals surface area contributed by atoms with Gasteiger partial charge in [0.15, 0.2) is 0 Å². The van der Waals surface area contributed by atoms with E-state index in [2.05, 4.69) is 31.3 Å². The van der Waals surface area contributed by atoms with Gasteiger partial charge in [-0.3, -0.25) is 4.79 Å². The van der Waals surface area contributed by atoms with Gasteiger partial charge in [0.25, 0.3) is 5.91 Å². The van der Waals surface area contributed by atoms with Gasteiger partial charge in [-0.1, -0.05) is 26.8 Å². The molecule has 1 heterocycles. The molecule has 2 aliphatic carbocycles. The van der Waals surface area contributed by atoms with E-state index in [-0.39, 0.29) is 5.91 Å². The van der Waals surface area contributed by atoms with Crippen molar-refractivity contribution < 1.29 is 4.79 Å². The highest BCUT2D eigenvalue weighted by Gasteiger charge is 2.53. The molecule has 2 aliphatic rings. The maximum atomic E-state index is 11.9. The lowest BCUT2D eigenvalue weighted by molar-refractivity contribution is 0.0958. The van der Waals surface area contributed by atoms with E-state index in [1.165, 1.54) is 23.5 Å². The smallest absolute Gasteiger partial charge is 0.266 e. The summed E-state index contributed by atoms with van der Waals surface area (Å²) >= 11 is 1.45. The molecule has 0 aliphatic heterocycles. The van der Waals surface area contributed by atoms with Crippen LogP contribution in [0.2, 0.25) is 0 Å². The van der Waals surface area contributed by atoms with Crippen molar-refractivity contribution in [3.63, 3.8) is 0 Å². The Morgan fingerprint density at radius 1 is 1.53 bits per heavy atom. The van der Waals surface area contributed by atoms with Gasteiger partial charge in [0.05, 0.1) is 4.88 Å². The number of nitrogens with zero attached hydrogens (tertiary/aromatic N) is 1. The average molecular weight is 276 g/mol. The molecule has 1 N–H and O–H groups in total. The van der Waals surface area contributed by atoms with Gasteiger partial charge < -0.3 is 0 Å². The first kappa shape index (κ1) is 12.9. The Bertz CT molecular complexity index is 514. The molecule has 1 amide bonds. The predicted octanol–water partition coefficient (Wildman–Crippen LogP) is 3.54. The fourth-order valence-corrected chi connectivity index (χ4v) is 4.21. The third kappa shape index (κ3) is 2.02. The zero-order valence-electron chi connectivity index (χ0n) is 11.6. The summed E-state index contributed by atoms with van der Waals surface area (Å²) in [6, 6.07) is 3.71. The Balaban J connectivity index is 1.69. The minimum absolute atomic E-state index is 0.0859. The third-order valence-corrected chi connectivity index (χ3v) is 6.17. The quantitative estimate of drug-likeness (QED) is 0.825. The molecule has 19 heavy (non-hydrogen) atoms. The van der Waals surface area contributed by atoms with Gasteiger partial charge in [-0.25, -0.2) is 5.43 Å². The minimum atomic E-state index is -0.0859. The first-order valence-corrected chi connectivity index (χ1v) is 7.78. The Morgan fingerprint density at radius 3 is 2.89 bits per heavy atom. The number of hydrazone groups is 1. The van der Waals surface area contributed by atoms with Gasteiger partial charge in [-0.15, -0.1) is 11.3 Å². The van der Waals surface area contributed by atoms with Crippen LogP contribution in [0, 0.1) is 23.2 Å². The monoisotopic (exact) mass is 276 g/mol. The summed E-state index contributed by atoms with van der Waals surface area (Å²) in [4.78, 5) is 12.6. The molecule has 2 saturated carbocycles. The SMILES string of the molecule is CC1C2CC(C/C2=N/NC(=O)c2cccs2)C1(C)C. The van der Waals surface area contributed by atoms with Crippen molar-refractivity contribution in [2.24, 2.45) is 28.3 Å². The Morgan fingerprint density at radius 2 is 2.32 bits per heavy atom. The topological polar surface area (TPSA) is 41.5 Å². The van der Waals surface area contributed by atoms with Crippen LogP contribution in [0.4, 0.5) is 0 Å². The van der Waals surface area contributed by atoms with Crippen molar-refractivity contribution in [3.05, 3.63) is 22.4 Å². The van der Waals surface area contributed by atoms with Crippen molar-refractivity contribution in [1.29, 1.82) is 0 Å². The summed E-state index contributed by atoms with van der Waals surface area (Å²) in [5.74, 6) is 1.86. The molecule has 0 aromatic carbocycles. The van der Waals surface area contributed by atoms with E-state index in [1.807, 2.05) is 17.5 Å². The number of carbonyl (C=O) groups excluding carboxylic acids is 1. The van der Waals surface area contributed by atoms with E-state index in [0.29, 0.717) is 17.3 Å². The fourth-order valence-electron chi connectivity index (χ4n) is 3.59. The van der Waals surface area contributed by atoms with Crippen molar-refractivity contribution >= 4 is 23.0 Å². The van der Waals surface area contributed by atoms with E-state index in [0.717, 1.165) is 17.2 Å². The molecule has 3 nitrogen and oxygen atoms in total. The van der Waals surface area contributed by atoms with E-state index < -0.39 is 0 Å². The van der Waals surface area contributed by atoms with Gasteiger partial charge in [0, 0.05) is 11.6 Å². The molecule has 3 unspecified atom stereocenters. The van der Waals surface area contributed by atoms with Gasteiger partial charge in [-0.2, -0.15) is 5.10 Å². The molecule has 1 aromatic heterocycles. The predicted molar refractivity (Wildman–Crippen MR) is 78.4 cm³/mol. The molecule has 4 heteroatoms. The van der Waals surface area contributed by atoms with Crippen molar-refractivity contribution in [2.45, 2.75) is 33.6 Å². The number of rotatable bonds is 2. The van der Waals surface area contributed by atoms with Crippen LogP contribution in [0.3, 0.4) is 0 Å². The van der Waals surface area contributed by atoms with Crippen molar-refractivity contribution in [2.75, 3.05) is 0 Å².